The van der Waals surface area contributed by atoms with Gasteiger partial charge in [0.1, 0.15) is 6.04 Å². The van der Waals surface area contributed by atoms with Crippen LogP contribution in [0.4, 0.5) is 24.5 Å². The van der Waals surface area contributed by atoms with E-state index in [-0.39, 0.29) is 29.3 Å². The van der Waals surface area contributed by atoms with E-state index in [1.165, 1.54) is 42.5 Å². The molecule has 6 nitrogen and oxygen atoms in total. The Bertz CT molecular complexity index is 943. The molecule has 1 fully saturated rings. The Morgan fingerprint density at radius 1 is 1.04 bits per heavy atom. The fourth-order valence-corrected chi connectivity index (χ4v) is 3.79. The van der Waals surface area contributed by atoms with Crippen molar-refractivity contribution < 1.29 is 31.1 Å². The van der Waals surface area contributed by atoms with Crippen molar-refractivity contribution in [3.8, 4) is 0 Å². The minimum Gasteiger partial charge on any atom is -0.464 e. The summed E-state index contributed by atoms with van der Waals surface area (Å²) in [6.45, 7) is 0.146. The maximum atomic E-state index is 13.0. The Labute approximate surface area is 153 Å². The molecule has 0 spiro atoms. The lowest BCUT2D eigenvalue weighted by atomic mass is 10.1. The zero-order chi connectivity index (χ0) is 19.7. The van der Waals surface area contributed by atoms with Gasteiger partial charge in [-0.15, -0.1) is 0 Å². The van der Waals surface area contributed by atoms with E-state index in [1.54, 1.807) is 0 Å². The van der Waals surface area contributed by atoms with Crippen LogP contribution >= 0.6 is 0 Å². The van der Waals surface area contributed by atoms with Crippen molar-refractivity contribution in [3.63, 3.8) is 0 Å². The summed E-state index contributed by atoms with van der Waals surface area (Å²) in [7, 11) is -3.96. The van der Waals surface area contributed by atoms with Crippen LogP contribution in [0.3, 0.4) is 0 Å². The molecule has 0 saturated carbocycles. The number of alkyl halides is 3. The number of rotatable bonds is 5. The molecule has 1 saturated heterocycles. The van der Waals surface area contributed by atoms with Crippen molar-refractivity contribution in [1.29, 1.82) is 0 Å². The molecule has 0 aliphatic carbocycles. The first kappa shape index (κ1) is 19.2. The zero-order valence-electron chi connectivity index (χ0n) is 13.8. The van der Waals surface area contributed by atoms with Crippen molar-refractivity contribution in [2.24, 2.45) is 0 Å². The number of hydrogen-bond donors (Lipinski definition) is 2. The molecule has 3 rings (SSSR count). The van der Waals surface area contributed by atoms with Crippen molar-refractivity contribution in [3.05, 3.63) is 54.1 Å². The van der Waals surface area contributed by atoms with Gasteiger partial charge in [0.2, 0.25) is 10.0 Å². The number of anilines is 2. The third-order valence-electron chi connectivity index (χ3n) is 3.91. The van der Waals surface area contributed by atoms with Gasteiger partial charge < -0.3 is 10.1 Å². The number of carbonyl (C=O) groups is 1. The van der Waals surface area contributed by atoms with Crippen molar-refractivity contribution in [2.75, 3.05) is 11.9 Å². The van der Waals surface area contributed by atoms with E-state index >= 15 is 0 Å². The first-order chi connectivity index (χ1) is 12.7. The molecule has 0 unspecified atom stereocenters. The number of esters is 1. The maximum Gasteiger partial charge on any atom is 0.418 e. The largest absolute Gasteiger partial charge is 0.464 e. The summed E-state index contributed by atoms with van der Waals surface area (Å²) in [4.78, 5) is 11.3. The van der Waals surface area contributed by atoms with E-state index in [1.807, 2.05) is 0 Å². The van der Waals surface area contributed by atoms with Crippen LogP contribution in [0.2, 0.25) is 0 Å². The molecule has 0 bridgehead atoms. The van der Waals surface area contributed by atoms with E-state index in [0.29, 0.717) is 0 Å². The highest BCUT2D eigenvalue weighted by atomic mass is 32.2. The summed E-state index contributed by atoms with van der Waals surface area (Å²) >= 11 is 0. The average molecular weight is 400 g/mol. The average Bonchev–Trinajstić information content (AvgIpc) is 2.99. The highest BCUT2D eigenvalue weighted by Crippen LogP contribution is 2.35. The van der Waals surface area contributed by atoms with E-state index in [0.717, 1.165) is 6.07 Å². The van der Waals surface area contributed by atoms with Gasteiger partial charge in [0, 0.05) is 12.1 Å². The van der Waals surface area contributed by atoms with E-state index < -0.39 is 33.8 Å². The predicted molar refractivity (Wildman–Crippen MR) is 90.9 cm³/mol. The SMILES string of the molecule is O=C1OCC[C@@H]1NS(=O)(=O)c1ccc(Nc2ccccc2C(F)(F)F)cc1. The summed E-state index contributed by atoms with van der Waals surface area (Å²) in [5.41, 5.74) is -0.693. The number of ether oxygens (including phenoxy) is 1. The molecule has 2 N–H and O–H groups in total. The van der Waals surface area contributed by atoms with Gasteiger partial charge in [-0.2, -0.15) is 17.9 Å². The first-order valence-corrected chi connectivity index (χ1v) is 9.37. The third kappa shape index (κ3) is 4.40. The zero-order valence-corrected chi connectivity index (χ0v) is 14.6. The molecule has 0 aromatic heterocycles. The molecule has 1 aliphatic heterocycles. The molecular formula is C17H15F3N2O4S. The Kier molecular flexibility index (Phi) is 5.11. The second-order valence-electron chi connectivity index (χ2n) is 5.82. The van der Waals surface area contributed by atoms with Crippen LogP contribution in [-0.4, -0.2) is 27.0 Å². The molecule has 27 heavy (non-hydrogen) atoms. The van der Waals surface area contributed by atoms with Crippen LogP contribution in [0.15, 0.2) is 53.4 Å². The smallest absolute Gasteiger partial charge is 0.418 e. The van der Waals surface area contributed by atoms with Crippen molar-refractivity contribution >= 4 is 27.4 Å². The van der Waals surface area contributed by atoms with Gasteiger partial charge in [0.05, 0.1) is 22.8 Å². The summed E-state index contributed by atoms with van der Waals surface area (Å²) in [5, 5.41) is 2.63. The monoisotopic (exact) mass is 400 g/mol. The van der Waals surface area contributed by atoms with Gasteiger partial charge in [-0.3, -0.25) is 4.79 Å². The van der Waals surface area contributed by atoms with Gasteiger partial charge in [0.25, 0.3) is 0 Å². The summed E-state index contributed by atoms with van der Waals surface area (Å²) in [5.74, 6) is -0.638. The summed E-state index contributed by atoms with van der Waals surface area (Å²) in [6.07, 6.45) is -4.28. The lowest BCUT2D eigenvalue weighted by Crippen LogP contribution is -2.37. The number of para-hydroxylation sites is 1. The van der Waals surface area contributed by atoms with Crippen LogP contribution < -0.4 is 10.0 Å². The highest BCUT2D eigenvalue weighted by molar-refractivity contribution is 7.89. The fraction of sp³-hybridized carbons (Fsp3) is 0.235. The summed E-state index contributed by atoms with van der Waals surface area (Å²) in [6, 6.07) is 9.19. The lowest BCUT2D eigenvalue weighted by Gasteiger charge is -2.15. The molecule has 10 heteroatoms. The van der Waals surface area contributed by atoms with Gasteiger partial charge in [-0.05, 0) is 36.4 Å². The molecule has 2 aromatic carbocycles. The number of carbonyl (C=O) groups excluding carboxylic acids is 1. The van der Waals surface area contributed by atoms with E-state index in [9.17, 15) is 26.4 Å². The second kappa shape index (κ2) is 7.20. The van der Waals surface area contributed by atoms with Crippen molar-refractivity contribution in [1.82, 2.24) is 4.72 Å². The maximum absolute atomic E-state index is 13.0. The topological polar surface area (TPSA) is 84.5 Å². The number of cyclic esters (lactones) is 1. The number of nitrogens with one attached hydrogen (secondary N) is 2. The summed E-state index contributed by atoms with van der Waals surface area (Å²) < 4.78 is 70.6. The van der Waals surface area contributed by atoms with Gasteiger partial charge in [-0.25, -0.2) is 8.42 Å². The molecule has 0 amide bonds. The van der Waals surface area contributed by atoms with Crippen LogP contribution in [-0.2, 0) is 25.7 Å². The quantitative estimate of drug-likeness (QED) is 0.754. The molecule has 0 radical (unpaired) electrons. The Hall–Kier alpha value is -2.59. The minimum atomic E-state index is -4.52. The highest BCUT2D eigenvalue weighted by Gasteiger charge is 2.33. The van der Waals surface area contributed by atoms with E-state index in [2.05, 4.69) is 10.0 Å². The van der Waals surface area contributed by atoms with Crippen LogP contribution in [0, 0.1) is 0 Å². The predicted octanol–water partition coefficient (Wildman–Crippen LogP) is 3.04. The number of sulfonamides is 1. The normalized spacial score (nSPS) is 17.6. The molecule has 1 aliphatic rings. The second-order valence-corrected chi connectivity index (χ2v) is 7.54. The Morgan fingerprint density at radius 2 is 1.70 bits per heavy atom. The van der Waals surface area contributed by atoms with E-state index in [4.69, 9.17) is 4.74 Å². The fourth-order valence-electron chi connectivity index (χ4n) is 2.57. The van der Waals surface area contributed by atoms with Crippen LogP contribution in [0.5, 0.6) is 0 Å². The molecular weight excluding hydrogens is 385 g/mol. The minimum absolute atomic E-state index is 0.114. The molecule has 1 heterocycles. The Balaban J connectivity index is 1.77. The third-order valence-corrected chi connectivity index (χ3v) is 5.40. The Morgan fingerprint density at radius 3 is 2.30 bits per heavy atom. The van der Waals surface area contributed by atoms with Gasteiger partial charge >= 0.3 is 12.1 Å². The van der Waals surface area contributed by atoms with Crippen molar-refractivity contribution in [2.45, 2.75) is 23.5 Å². The molecule has 1 atom stereocenters. The van der Waals surface area contributed by atoms with Gasteiger partial charge in [0.15, 0.2) is 0 Å². The molecule has 2 aromatic rings. The lowest BCUT2D eigenvalue weighted by molar-refractivity contribution is -0.139. The van der Waals surface area contributed by atoms with Gasteiger partial charge in [-0.1, -0.05) is 12.1 Å². The standard InChI is InChI=1S/C17H15F3N2O4S/c18-17(19,20)13-3-1-2-4-14(13)21-11-5-7-12(8-6-11)27(24,25)22-15-9-10-26-16(15)23/h1-8,15,21-22H,9-10H2/t15-/m0/s1. The first-order valence-electron chi connectivity index (χ1n) is 7.89. The number of halogens is 3. The molecule has 144 valence electrons. The van der Waals surface area contributed by atoms with Crippen LogP contribution in [0.1, 0.15) is 12.0 Å². The number of benzene rings is 2. The number of hydrogen-bond acceptors (Lipinski definition) is 5. The van der Waals surface area contributed by atoms with Crippen LogP contribution in [0.25, 0.3) is 0 Å².